The maximum Gasteiger partial charge on any atom is 0.162 e. The molecule has 19 heavy (non-hydrogen) atoms. The summed E-state index contributed by atoms with van der Waals surface area (Å²) in [7, 11) is 0. The molecular weight excluding hydrogens is 258 g/mol. The fourth-order valence-electron chi connectivity index (χ4n) is 2.42. The summed E-state index contributed by atoms with van der Waals surface area (Å²) in [4.78, 5) is 0. The third-order valence-corrected chi connectivity index (χ3v) is 5.04. The summed E-state index contributed by atoms with van der Waals surface area (Å²) in [6, 6.07) is 5.67. The first-order valence-electron chi connectivity index (χ1n) is 6.93. The second-order valence-corrected chi connectivity index (χ2v) is 6.88. The van der Waals surface area contributed by atoms with Crippen LogP contribution in [0.25, 0.3) is 0 Å². The van der Waals surface area contributed by atoms with E-state index in [2.05, 4.69) is 12.2 Å². The van der Waals surface area contributed by atoms with E-state index in [4.69, 9.17) is 4.74 Å². The Morgan fingerprint density at radius 2 is 2.32 bits per heavy atom. The van der Waals surface area contributed by atoms with Crippen molar-refractivity contribution in [3.05, 3.63) is 23.8 Å². The molecule has 0 amide bonds. The molecule has 1 aromatic carbocycles. The van der Waals surface area contributed by atoms with Crippen molar-refractivity contribution in [3.8, 4) is 11.5 Å². The van der Waals surface area contributed by atoms with Gasteiger partial charge in [0.1, 0.15) is 0 Å². The Morgan fingerprint density at radius 1 is 1.47 bits per heavy atom. The summed E-state index contributed by atoms with van der Waals surface area (Å²) in [5.41, 5.74) is 0.901. The standard InChI is InChI=1S/C15H23NO2S/c1-3-18-13-7-4-6-12(14(13)17)10-16-11-15(2)8-5-9-19-15/h4,6-7,16-17H,3,5,8-11H2,1-2H3. The van der Waals surface area contributed by atoms with Crippen molar-refractivity contribution >= 4 is 11.8 Å². The number of benzene rings is 1. The lowest BCUT2D eigenvalue weighted by molar-refractivity contribution is 0.316. The van der Waals surface area contributed by atoms with Crippen LogP contribution in [0.15, 0.2) is 18.2 Å². The normalized spacial score (nSPS) is 22.6. The first kappa shape index (κ1) is 14.5. The maximum absolute atomic E-state index is 10.1. The second kappa shape index (κ2) is 6.53. The number of ether oxygens (including phenoxy) is 1. The second-order valence-electron chi connectivity index (χ2n) is 5.20. The number of hydrogen-bond acceptors (Lipinski definition) is 4. The molecule has 0 spiro atoms. The van der Waals surface area contributed by atoms with Gasteiger partial charge in [0, 0.05) is 23.4 Å². The number of rotatable bonds is 6. The molecule has 1 unspecified atom stereocenters. The topological polar surface area (TPSA) is 41.5 Å². The van der Waals surface area contributed by atoms with E-state index in [0.717, 1.165) is 12.1 Å². The molecule has 1 aliphatic rings. The Morgan fingerprint density at radius 3 is 3.00 bits per heavy atom. The highest BCUT2D eigenvalue weighted by Crippen LogP contribution is 2.37. The van der Waals surface area contributed by atoms with E-state index in [1.807, 2.05) is 30.8 Å². The molecule has 1 aliphatic heterocycles. The van der Waals surface area contributed by atoms with E-state index in [1.54, 1.807) is 6.07 Å². The molecule has 1 atom stereocenters. The Hall–Kier alpha value is -0.870. The van der Waals surface area contributed by atoms with Crippen LogP contribution in [0.3, 0.4) is 0 Å². The third kappa shape index (κ3) is 3.80. The number of phenolic OH excluding ortho intramolecular Hbond substituents is 1. The molecule has 0 saturated carbocycles. The zero-order chi connectivity index (χ0) is 13.7. The van der Waals surface area contributed by atoms with Gasteiger partial charge in [-0.2, -0.15) is 11.8 Å². The van der Waals surface area contributed by atoms with Crippen LogP contribution in [0.1, 0.15) is 32.3 Å². The number of phenols is 1. The van der Waals surface area contributed by atoms with Gasteiger partial charge < -0.3 is 15.2 Å². The van der Waals surface area contributed by atoms with Crippen LogP contribution in [0.4, 0.5) is 0 Å². The van der Waals surface area contributed by atoms with Gasteiger partial charge in [-0.1, -0.05) is 12.1 Å². The molecule has 1 saturated heterocycles. The number of nitrogens with one attached hydrogen (secondary N) is 1. The molecule has 0 radical (unpaired) electrons. The fourth-order valence-corrected chi connectivity index (χ4v) is 3.69. The minimum Gasteiger partial charge on any atom is -0.504 e. The van der Waals surface area contributed by atoms with E-state index in [9.17, 15) is 5.11 Å². The Labute approximate surface area is 119 Å². The lowest BCUT2D eigenvalue weighted by Crippen LogP contribution is -2.32. The molecule has 106 valence electrons. The summed E-state index contributed by atoms with van der Waals surface area (Å²) in [5.74, 6) is 2.10. The van der Waals surface area contributed by atoms with E-state index >= 15 is 0 Å². The quantitative estimate of drug-likeness (QED) is 0.840. The van der Waals surface area contributed by atoms with Gasteiger partial charge in [0.2, 0.25) is 0 Å². The lowest BCUT2D eigenvalue weighted by Gasteiger charge is -2.23. The Bertz CT molecular complexity index is 417. The number of thioether (sulfide) groups is 1. The van der Waals surface area contributed by atoms with E-state index in [1.165, 1.54) is 18.6 Å². The molecule has 2 rings (SSSR count). The van der Waals surface area contributed by atoms with Crippen molar-refractivity contribution < 1.29 is 9.84 Å². The Kier molecular flexibility index (Phi) is 4.99. The van der Waals surface area contributed by atoms with Gasteiger partial charge in [-0.15, -0.1) is 0 Å². The van der Waals surface area contributed by atoms with Gasteiger partial charge in [0.05, 0.1) is 6.61 Å². The summed E-state index contributed by atoms with van der Waals surface area (Å²) in [6.45, 7) is 6.47. The monoisotopic (exact) mass is 281 g/mol. The minimum absolute atomic E-state index is 0.265. The first-order valence-corrected chi connectivity index (χ1v) is 7.91. The van der Waals surface area contributed by atoms with Crippen LogP contribution in [-0.2, 0) is 6.54 Å². The average molecular weight is 281 g/mol. The van der Waals surface area contributed by atoms with E-state index in [0.29, 0.717) is 23.6 Å². The van der Waals surface area contributed by atoms with Crippen molar-refractivity contribution in [1.29, 1.82) is 0 Å². The molecule has 3 nitrogen and oxygen atoms in total. The summed E-state index contributed by atoms with van der Waals surface area (Å²) < 4.78 is 5.75. The van der Waals surface area contributed by atoms with E-state index < -0.39 is 0 Å². The SMILES string of the molecule is CCOc1cccc(CNCC2(C)CCCS2)c1O. The van der Waals surface area contributed by atoms with Crippen molar-refractivity contribution in [3.63, 3.8) is 0 Å². The molecule has 0 bridgehead atoms. The molecular formula is C15H23NO2S. The largest absolute Gasteiger partial charge is 0.504 e. The average Bonchev–Trinajstić information content (AvgIpc) is 2.81. The van der Waals surface area contributed by atoms with Gasteiger partial charge in [-0.25, -0.2) is 0 Å². The third-order valence-electron chi connectivity index (χ3n) is 3.50. The molecule has 1 heterocycles. The number of aromatic hydroxyl groups is 1. The summed E-state index contributed by atoms with van der Waals surface area (Å²) in [6.07, 6.45) is 2.59. The van der Waals surface area contributed by atoms with Crippen molar-refractivity contribution in [2.45, 2.75) is 38.0 Å². The van der Waals surface area contributed by atoms with Crippen LogP contribution in [0.2, 0.25) is 0 Å². The summed E-state index contributed by atoms with van der Waals surface area (Å²) in [5, 5.41) is 13.6. The van der Waals surface area contributed by atoms with Gasteiger partial charge in [0.15, 0.2) is 11.5 Å². The van der Waals surface area contributed by atoms with Crippen molar-refractivity contribution in [1.82, 2.24) is 5.32 Å². The smallest absolute Gasteiger partial charge is 0.162 e. The zero-order valence-corrected chi connectivity index (χ0v) is 12.6. The van der Waals surface area contributed by atoms with Gasteiger partial charge in [-0.05, 0) is 38.5 Å². The Balaban J connectivity index is 1.90. The van der Waals surface area contributed by atoms with Gasteiger partial charge in [-0.3, -0.25) is 0 Å². The number of hydrogen-bond donors (Lipinski definition) is 2. The lowest BCUT2D eigenvalue weighted by atomic mass is 10.1. The molecule has 0 aromatic heterocycles. The highest BCUT2D eigenvalue weighted by molar-refractivity contribution is 8.00. The number of para-hydroxylation sites is 1. The van der Waals surface area contributed by atoms with Crippen LogP contribution < -0.4 is 10.1 Å². The highest BCUT2D eigenvalue weighted by atomic mass is 32.2. The summed E-state index contributed by atoms with van der Waals surface area (Å²) >= 11 is 2.05. The fraction of sp³-hybridized carbons (Fsp3) is 0.600. The molecule has 2 N–H and O–H groups in total. The van der Waals surface area contributed by atoms with Gasteiger partial charge in [0.25, 0.3) is 0 Å². The minimum atomic E-state index is 0.265. The maximum atomic E-state index is 10.1. The zero-order valence-electron chi connectivity index (χ0n) is 11.7. The van der Waals surface area contributed by atoms with Crippen LogP contribution in [0.5, 0.6) is 11.5 Å². The first-order chi connectivity index (χ1) is 9.14. The van der Waals surface area contributed by atoms with Crippen molar-refractivity contribution in [2.24, 2.45) is 0 Å². The predicted molar refractivity (Wildman–Crippen MR) is 81.1 cm³/mol. The van der Waals surface area contributed by atoms with Crippen LogP contribution >= 0.6 is 11.8 Å². The van der Waals surface area contributed by atoms with Crippen LogP contribution in [0, 0.1) is 0 Å². The highest BCUT2D eigenvalue weighted by Gasteiger charge is 2.28. The van der Waals surface area contributed by atoms with Crippen LogP contribution in [-0.4, -0.2) is 28.8 Å². The van der Waals surface area contributed by atoms with Crippen molar-refractivity contribution in [2.75, 3.05) is 18.9 Å². The molecule has 0 aliphatic carbocycles. The van der Waals surface area contributed by atoms with Gasteiger partial charge >= 0.3 is 0 Å². The predicted octanol–water partition coefficient (Wildman–Crippen LogP) is 3.17. The van der Waals surface area contributed by atoms with E-state index in [-0.39, 0.29) is 5.75 Å². The molecule has 4 heteroatoms. The molecule has 1 fully saturated rings. The molecule has 1 aromatic rings.